The van der Waals surface area contributed by atoms with Crippen molar-refractivity contribution in [1.82, 2.24) is 5.32 Å². The van der Waals surface area contributed by atoms with Gasteiger partial charge in [0.1, 0.15) is 11.5 Å². The number of ketones is 1. The number of aromatic hydroxyl groups is 1. The Morgan fingerprint density at radius 3 is 2.21 bits per heavy atom. The van der Waals surface area contributed by atoms with Gasteiger partial charge in [-0.15, -0.1) is 0 Å². The molecule has 124 valence electrons. The molecule has 2 N–H and O–H groups in total. The van der Waals surface area contributed by atoms with Crippen molar-refractivity contribution in [2.45, 2.75) is 6.04 Å². The van der Waals surface area contributed by atoms with Crippen LogP contribution >= 0.6 is 0 Å². The fourth-order valence-corrected chi connectivity index (χ4v) is 1.88. The highest BCUT2D eigenvalue weighted by atomic mass is 16.6. The molecule has 0 heterocycles. The van der Waals surface area contributed by atoms with Gasteiger partial charge in [-0.2, -0.15) is 0 Å². The van der Waals surface area contributed by atoms with E-state index in [-0.39, 0.29) is 17.1 Å². The van der Waals surface area contributed by atoms with E-state index < -0.39 is 23.9 Å². The van der Waals surface area contributed by atoms with Crippen molar-refractivity contribution in [3.05, 3.63) is 60.2 Å². The number of Topliss-reactive ketones (excluding diaryl/α,β-unsaturated/α-hetero) is 1. The summed E-state index contributed by atoms with van der Waals surface area (Å²) >= 11 is 0. The Morgan fingerprint density at radius 2 is 1.62 bits per heavy atom. The summed E-state index contributed by atoms with van der Waals surface area (Å²) in [7, 11) is 1.10. The van der Waals surface area contributed by atoms with E-state index in [1.165, 1.54) is 24.3 Å². The number of phenolic OH excluding ortho intramolecular Hbond substituents is 1. The lowest BCUT2D eigenvalue weighted by molar-refractivity contribution is -0.141. The van der Waals surface area contributed by atoms with Crippen molar-refractivity contribution < 1.29 is 29.0 Å². The molecule has 0 fully saturated rings. The van der Waals surface area contributed by atoms with Gasteiger partial charge in [-0.3, -0.25) is 4.79 Å². The van der Waals surface area contributed by atoms with Crippen LogP contribution in [0.1, 0.15) is 10.4 Å². The summed E-state index contributed by atoms with van der Waals surface area (Å²) in [6.45, 7) is 0. The monoisotopic (exact) mass is 329 g/mol. The Hall–Kier alpha value is -3.35. The van der Waals surface area contributed by atoms with Gasteiger partial charge in [-0.1, -0.05) is 18.2 Å². The summed E-state index contributed by atoms with van der Waals surface area (Å²) in [4.78, 5) is 36.1. The lowest BCUT2D eigenvalue weighted by Crippen LogP contribution is -2.48. The van der Waals surface area contributed by atoms with E-state index >= 15 is 0 Å². The number of esters is 1. The van der Waals surface area contributed by atoms with E-state index in [0.29, 0.717) is 0 Å². The minimum Gasteiger partial charge on any atom is -0.508 e. The molecule has 0 aliphatic rings. The molecule has 2 rings (SSSR count). The van der Waals surface area contributed by atoms with E-state index in [0.717, 1.165) is 7.11 Å². The number of nitrogens with one attached hydrogen (secondary N) is 1. The molecule has 1 amide bonds. The van der Waals surface area contributed by atoms with E-state index in [1.807, 2.05) is 0 Å². The average molecular weight is 329 g/mol. The Labute approximate surface area is 137 Å². The Bertz CT molecular complexity index is 727. The first-order valence-corrected chi connectivity index (χ1v) is 6.95. The van der Waals surface area contributed by atoms with Gasteiger partial charge in [0.25, 0.3) is 0 Å². The standard InChI is InChI=1S/C17H15NO6/c1-23-16(21)14(15(20)11-7-9-12(19)10-8-11)18-17(22)24-13-5-3-2-4-6-13/h2-10,14,19H,1H3,(H,18,22). The number of benzene rings is 2. The van der Waals surface area contributed by atoms with Crippen LogP contribution in [0.15, 0.2) is 54.6 Å². The first-order chi connectivity index (χ1) is 11.5. The quantitative estimate of drug-likeness (QED) is 0.493. The van der Waals surface area contributed by atoms with Crippen molar-refractivity contribution in [3.63, 3.8) is 0 Å². The van der Waals surface area contributed by atoms with Crippen LogP contribution in [0, 0.1) is 0 Å². The van der Waals surface area contributed by atoms with Crippen molar-refractivity contribution in [3.8, 4) is 11.5 Å². The maximum Gasteiger partial charge on any atom is 0.413 e. The predicted molar refractivity (Wildman–Crippen MR) is 83.8 cm³/mol. The smallest absolute Gasteiger partial charge is 0.413 e. The number of hydrogen-bond donors (Lipinski definition) is 2. The van der Waals surface area contributed by atoms with E-state index in [9.17, 15) is 19.5 Å². The minimum atomic E-state index is -1.56. The molecule has 2 aromatic carbocycles. The second-order valence-corrected chi connectivity index (χ2v) is 4.71. The van der Waals surface area contributed by atoms with Crippen molar-refractivity contribution in [1.29, 1.82) is 0 Å². The highest BCUT2D eigenvalue weighted by molar-refractivity contribution is 6.13. The maximum atomic E-state index is 12.4. The van der Waals surface area contributed by atoms with Gasteiger partial charge in [-0.05, 0) is 36.4 Å². The van der Waals surface area contributed by atoms with E-state index in [1.54, 1.807) is 30.3 Å². The normalized spacial score (nSPS) is 11.2. The van der Waals surface area contributed by atoms with Gasteiger partial charge in [0.15, 0.2) is 11.8 Å². The molecule has 0 aromatic heterocycles. The summed E-state index contributed by atoms with van der Waals surface area (Å²) < 4.78 is 9.55. The molecule has 1 atom stereocenters. The molecule has 7 nitrogen and oxygen atoms in total. The van der Waals surface area contributed by atoms with Gasteiger partial charge in [0, 0.05) is 5.56 Å². The molecule has 0 aliphatic heterocycles. The minimum absolute atomic E-state index is 0.0300. The fourth-order valence-electron chi connectivity index (χ4n) is 1.88. The summed E-state index contributed by atoms with van der Waals surface area (Å²) in [6, 6.07) is 11.9. The number of methoxy groups -OCH3 is 1. The van der Waals surface area contributed by atoms with Crippen molar-refractivity contribution in [2.75, 3.05) is 7.11 Å². The Morgan fingerprint density at radius 1 is 1.00 bits per heavy atom. The molecule has 0 radical (unpaired) electrons. The summed E-state index contributed by atoms with van der Waals surface area (Å²) in [5, 5.41) is 11.4. The third kappa shape index (κ3) is 4.33. The third-order valence-electron chi connectivity index (χ3n) is 3.07. The maximum absolute atomic E-state index is 12.4. The third-order valence-corrected chi connectivity index (χ3v) is 3.07. The molecule has 1 unspecified atom stereocenters. The highest BCUT2D eigenvalue weighted by Gasteiger charge is 2.31. The summed E-state index contributed by atoms with van der Waals surface area (Å²) in [5.74, 6) is -1.39. The lowest BCUT2D eigenvalue weighted by Gasteiger charge is -2.15. The summed E-state index contributed by atoms with van der Waals surface area (Å²) in [5.41, 5.74) is 0.128. The molecular weight excluding hydrogens is 314 g/mol. The predicted octanol–water partition coefficient (Wildman–Crippen LogP) is 1.91. The van der Waals surface area contributed by atoms with Crippen LogP contribution in [0.3, 0.4) is 0 Å². The molecule has 0 bridgehead atoms. The number of para-hydroxylation sites is 1. The van der Waals surface area contributed by atoms with Crippen LogP contribution in [0.5, 0.6) is 11.5 Å². The number of hydrogen-bond acceptors (Lipinski definition) is 6. The largest absolute Gasteiger partial charge is 0.508 e. The van der Waals surface area contributed by atoms with Gasteiger partial charge in [0.05, 0.1) is 7.11 Å². The first kappa shape index (κ1) is 17.0. The topological polar surface area (TPSA) is 102 Å². The second kappa shape index (κ2) is 7.77. The van der Waals surface area contributed by atoms with E-state index in [4.69, 9.17) is 4.74 Å². The van der Waals surface area contributed by atoms with Crippen LogP contribution in [-0.2, 0) is 9.53 Å². The Kier molecular flexibility index (Phi) is 5.51. The van der Waals surface area contributed by atoms with Crippen molar-refractivity contribution in [2.24, 2.45) is 0 Å². The SMILES string of the molecule is COC(=O)C(NC(=O)Oc1ccccc1)C(=O)c1ccc(O)cc1. The second-order valence-electron chi connectivity index (χ2n) is 4.71. The lowest BCUT2D eigenvalue weighted by atomic mass is 10.0. The summed E-state index contributed by atoms with van der Waals surface area (Å²) in [6.07, 6.45) is -0.969. The Balaban J connectivity index is 2.13. The number of phenols is 1. The van der Waals surface area contributed by atoms with Crippen LogP contribution < -0.4 is 10.1 Å². The average Bonchev–Trinajstić information content (AvgIpc) is 2.60. The fraction of sp³-hybridized carbons (Fsp3) is 0.118. The molecule has 2 aromatic rings. The zero-order valence-corrected chi connectivity index (χ0v) is 12.8. The number of amides is 1. The van der Waals surface area contributed by atoms with Crippen LogP contribution in [0.4, 0.5) is 4.79 Å². The van der Waals surface area contributed by atoms with Gasteiger partial charge in [0.2, 0.25) is 0 Å². The zero-order valence-electron chi connectivity index (χ0n) is 12.8. The van der Waals surface area contributed by atoms with Gasteiger partial charge in [-0.25, -0.2) is 9.59 Å². The van der Waals surface area contributed by atoms with Gasteiger partial charge < -0.3 is 19.9 Å². The number of carbonyl (C=O) groups is 3. The number of ether oxygens (including phenoxy) is 2. The van der Waals surface area contributed by atoms with E-state index in [2.05, 4.69) is 10.1 Å². The highest BCUT2D eigenvalue weighted by Crippen LogP contribution is 2.13. The molecule has 7 heteroatoms. The number of rotatable bonds is 5. The molecule has 24 heavy (non-hydrogen) atoms. The number of carbonyl (C=O) groups excluding carboxylic acids is 3. The van der Waals surface area contributed by atoms with Crippen LogP contribution in [-0.4, -0.2) is 36.1 Å². The molecule has 0 saturated heterocycles. The van der Waals surface area contributed by atoms with Crippen molar-refractivity contribution >= 4 is 17.8 Å². The van der Waals surface area contributed by atoms with Gasteiger partial charge >= 0.3 is 12.1 Å². The molecular formula is C17H15NO6. The molecule has 0 saturated carbocycles. The first-order valence-electron chi connectivity index (χ1n) is 6.95. The molecule has 0 spiro atoms. The zero-order chi connectivity index (χ0) is 17.5. The van der Waals surface area contributed by atoms with Crippen LogP contribution in [0.2, 0.25) is 0 Å². The van der Waals surface area contributed by atoms with Crippen LogP contribution in [0.25, 0.3) is 0 Å². The molecule has 0 aliphatic carbocycles.